The second kappa shape index (κ2) is 19.6. The molecule has 3 fully saturated rings. The van der Waals surface area contributed by atoms with Crippen LogP contribution >= 0.6 is 11.6 Å². The number of likely N-dealkylation sites (tertiary alicyclic amines) is 1. The molecule has 3 aliphatic rings. The average Bonchev–Trinajstić information content (AvgIpc) is 3.48. The van der Waals surface area contributed by atoms with Gasteiger partial charge in [0.2, 0.25) is 11.8 Å². The molecule has 4 rings (SSSR count). The van der Waals surface area contributed by atoms with E-state index in [2.05, 4.69) is 15.6 Å². The Morgan fingerprint density at radius 1 is 1.07 bits per heavy atom. The molecule has 2 aliphatic heterocycles. The molecule has 3 amide bonds. The number of guanidine groups is 1. The molecule has 20 heteroatoms. The van der Waals surface area contributed by atoms with Gasteiger partial charge in [-0.25, -0.2) is 4.18 Å². The van der Waals surface area contributed by atoms with Crippen LogP contribution in [0.25, 0.3) is 0 Å². The summed E-state index contributed by atoms with van der Waals surface area (Å²) in [6, 6.07) is 5.07. The van der Waals surface area contributed by atoms with Crippen LogP contribution in [0.1, 0.15) is 57.9 Å². The van der Waals surface area contributed by atoms with E-state index in [1.165, 1.54) is 4.90 Å². The van der Waals surface area contributed by atoms with Gasteiger partial charge in [-0.2, -0.15) is 8.42 Å². The molecule has 10 N–H and O–H groups in total. The summed E-state index contributed by atoms with van der Waals surface area (Å²) in [6.45, 7) is 3.53. The fourth-order valence-electron chi connectivity index (χ4n) is 7.24. The van der Waals surface area contributed by atoms with Crippen LogP contribution in [0.4, 0.5) is 0 Å². The highest BCUT2D eigenvalue weighted by Crippen LogP contribution is 2.42. The molecule has 0 unspecified atom stereocenters. The maximum atomic E-state index is 15.1. The predicted molar refractivity (Wildman–Crippen MR) is 195 cm³/mol. The van der Waals surface area contributed by atoms with Crippen molar-refractivity contribution in [3.63, 3.8) is 0 Å². The molecule has 11 atom stereocenters. The maximum Gasteiger partial charge on any atom is 0.398 e. The molecule has 54 heavy (non-hydrogen) atoms. The van der Waals surface area contributed by atoms with Crippen LogP contribution in [0.15, 0.2) is 35.3 Å². The summed E-state index contributed by atoms with van der Waals surface area (Å²) in [6.07, 6.45) is -6.83. The minimum absolute atomic E-state index is 0.0427. The number of aliphatic imine (C=N–C) groups is 1. The number of ether oxygens (including phenoxy) is 2. The van der Waals surface area contributed by atoms with Crippen molar-refractivity contribution in [3.05, 3.63) is 35.9 Å². The van der Waals surface area contributed by atoms with Gasteiger partial charge in [0, 0.05) is 30.9 Å². The van der Waals surface area contributed by atoms with Crippen molar-refractivity contribution in [1.82, 2.24) is 15.5 Å². The lowest BCUT2D eigenvalue weighted by atomic mass is 9.84. The van der Waals surface area contributed by atoms with Crippen LogP contribution in [-0.4, -0.2) is 137 Å². The Morgan fingerprint density at radius 3 is 2.43 bits per heavy atom. The Balaban J connectivity index is 1.70. The van der Waals surface area contributed by atoms with Gasteiger partial charge in [-0.05, 0) is 55.9 Å². The number of aliphatic hydroxyl groups is 3. The molecular weight excluding hydrogens is 752 g/mol. The number of nitrogens with zero attached hydrogens (tertiary/aromatic N) is 2. The molecule has 2 saturated heterocycles. The van der Waals surface area contributed by atoms with Crippen molar-refractivity contribution in [3.8, 4) is 0 Å². The highest BCUT2D eigenvalue weighted by atomic mass is 35.5. The number of hydrogen-bond donors (Lipinski definition) is 8. The van der Waals surface area contributed by atoms with Crippen molar-refractivity contribution in [2.75, 3.05) is 19.7 Å². The number of alkyl halides is 1. The number of unbranched alkanes of at least 4 members (excludes halogenated alkanes) is 1. The molecule has 304 valence electrons. The lowest BCUT2D eigenvalue weighted by molar-refractivity contribution is -0.288. The quantitative estimate of drug-likeness (QED) is 0.0306. The van der Waals surface area contributed by atoms with Gasteiger partial charge in [-0.15, -0.1) is 11.6 Å². The number of nitrogens with one attached hydrogen (secondary N) is 2. The topological polar surface area (TPSA) is 286 Å². The highest BCUT2D eigenvalue weighted by Gasteiger charge is 2.52. The van der Waals surface area contributed by atoms with E-state index in [-0.39, 0.29) is 30.2 Å². The third-order valence-corrected chi connectivity index (χ3v) is 10.8. The molecular formula is C34H53ClN6O12S. The molecule has 1 aliphatic carbocycles. The fourth-order valence-corrected chi connectivity index (χ4v) is 8.00. The molecule has 0 radical (unpaired) electrons. The Bertz CT molecular complexity index is 1550. The van der Waals surface area contributed by atoms with E-state index in [1.54, 1.807) is 44.2 Å². The number of fused-ring (bicyclic) bond motifs is 1. The van der Waals surface area contributed by atoms with E-state index in [0.29, 0.717) is 50.6 Å². The maximum absolute atomic E-state index is 15.1. The highest BCUT2D eigenvalue weighted by molar-refractivity contribution is 7.80. The van der Waals surface area contributed by atoms with Crippen molar-refractivity contribution in [1.29, 1.82) is 0 Å². The first kappa shape index (κ1) is 43.6. The molecule has 1 aromatic rings. The lowest BCUT2D eigenvalue weighted by Crippen LogP contribution is -2.64. The SMILES string of the molecule is CC(C)[C@@H](O[C@H]1OC[C@@H](O)[C@H](O)[C@H]1O)[C@H](NC(=O)[C@H](Cc1ccccc1)OS(=O)(=O)O)C(=O)N1[C@H](C(=O)NCCCCN=C(N)N)C[C@@H]2CC[C@@H](Cl)C[C@@H]21. The summed E-state index contributed by atoms with van der Waals surface area (Å²) in [4.78, 5) is 48.3. The molecule has 1 saturated carbocycles. The number of aliphatic hydroxyl groups excluding tert-OH is 3. The summed E-state index contributed by atoms with van der Waals surface area (Å²) in [5.74, 6) is -3.08. The summed E-state index contributed by atoms with van der Waals surface area (Å²) in [5.41, 5.74) is 11.2. The van der Waals surface area contributed by atoms with Gasteiger partial charge in [0.15, 0.2) is 18.4 Å². The number of halogens is 1. The van der Waals surface area contributed by atoms with Gasteiger partial charge >= 0.3 is 10.4 Å². The Morgan fingerprint density at radius 2 is 1.78 bits per heavy atom. The molecule has 1 aromatic carbocycles. The van der Waals surface area contributed by atoms with E-state index in [9.17, 15) is 37.9 Å². The zero-order valence-electron chi connectivity index (χ0n) is 30.3. The first-order valence-corrected chi connectivity index (χ1v) is 19.9. The molecule has 0 aromatic heterocycles. The first-order chi connectivity index (χ1) is 25.5. The van der Waals surface area contributed by atoms with E-state index in [4.69, 9.17) is 36.7 Å². The van der Waals surface area contributed by atoms with Crippen LogP contribution in [0.3, 0.4) is 0 Å². The largest absolute Gasteiger partial charge is 0.398 e. The van der Waals surface area contributed by atoms with E-state index in [0.717, 1.165) is 0 Å². The molecule has 0 bridgehead atoms. The number of carbonyl (C=O) groups is 3. The van der Waals surface area contributed by atoms with Crippen molar-refractivity contribution in [2.45, 2.75) is 119 Å². The first-order valence-electron chi connectivity index (χ1n) is 18.1. The van der Waals surface area contributed by atoms with E-state index < -0.39 is 95.6 Å². The number of rotatable bonds is 17. The zero-order valence-corrected chi connectivity index (χ0v) is 31.8. The van der Waals surface area contributed by atoms with Gasteiger partial charge in [-0.1, -0.05) is 44.2 Å². The third kappa shape index (κ3) is 11.9. The summed E-state index contributed by atoms with van der Waals surface area (Å²) in [5, 5.41) is 36.3. The number of hydrogen-bond acceptors (Lipinski definition) is 12. The Hall–Kier alpha value is -3.14. The number of benzene rings is 1. The van der Waals surface area contributed by atoms with Gasteiger partial charge in [-0.3, -0.25) is 23.9 Å². The van der Waals surface area contributed by atoms with Crippen molar-refractivity contribution >= 4 is 45.7 Å². The second-order valence-electron chi connectivity index (χ2n) is 14.3. The standard InChI is InChI=1S/C34H53ClN6O12S/c1-18(2)29(52-33-28(44)27(43)24(42)17-51-33)26(40-31(46)25(53-54(48,49)50)14-19-8-4-3-5-9-19)32(47)41-22-16-21(35)11-10-20(22)15-23(41)30(45)38-12-6-7-13-39-34(36)37/h3-5,8-9,18,20-29,33,42-44H,6-7,10-17H2,1-2H3,(H,38,45)(H,40,46)(H4,36,37,39)(H,48,49,50)/t20-,21+,22-,23-,24+,25-,26-,27-,28+,29+,33+/m0/s1. The van der Waals surface area contributed by atoms with E-state index in [1.807, 2.05) is 0 Å². The Kier molecular flexibility index (Phi) is 15.8. The Labute approximate surface area is 319 Å². The summed E-state index contributed by atoms with van der Waals surface area (Å²) < 4.78 is 49.9. The van der Waals surface area contributed by atoms with Gasteiger partial charge in [0.05, 0.1) is 12.7 Å². The smallest absolute Gasteiger partial charge is 0.388 e. The minimum Gasteiger partial charge on any atom is -0.388 e. The number of carbonyl (C=O) groups excluding carboxylic acids is 3. The van der Waals surface area contributed by atoms with Crippen LogP contribution in [-0.2, 0) is 44.9 Å². The van der Waals surface area contributed by atoms with Crippen molar-refractivity contribution < 1.29 is 56.3 Å². The van der Waals surface area contributed by atoms with Crippen LogP contribution in [0.5, 0.6) is 0 Å². The minimum atomic E-state index is -5.18. The number of amides is 3. The average molecular weight is 805 g/mol. The van der Waals surface area contributed by atoms with Gasteiger partial charge < -0.3 is 51.8 Å². The van der Waals surface area contributed by atoms with Crippen molar-refractivity contribution in [2.24, 2.45) is 28.3 Å². The molecule has 0 spiro atoms. The normalized spacial score (nSPS) is 28.8. The fraction of sp³-hybridized carbons (Fsp3) is 0.706. The molecule has 2 heterocycles. The lowest BCUT2D eigenvalue weighted by Gasteiger charge is -2.42. The predicted octanol–water partition coefficient (Wildman–Crippen LogP) is -1.07. The van der Waals surface area contributed by atoms with Gasteiger partial charge in [0.25, 0.3) is 5.91 Å². The van der Waals surface area contributed by atoms with E-state index >= 15 is 4.79 Å². The summed E-state index contributed by atoms with van der Waals surface area (Å²) >= 11 is 6.62. The van der Waals surface area contributed by atoms with Gasteiger partial charge in [0.1, 0.15) is 30.4 Å². The second-order valence-corrected chi connectivity index (χ2v) is 16.0. The van der Waals surface area contributed by atoms with Crippen LogP contribution in [0.2, 0.25) is 0 Å². The van der Waals surface area contributed by atoms with Crippen LogP contribution < -0.4 is 22.1 Å². The number of nitrogens with two attached hydrogens (primary N) is 2. The summed E-state index contributed by atoms with van der Waals surface area (Å²) in [7, 11) is -5.18. The monoisotopic (exact) mass is 804 g/mol. The van der Waals surface area contributed by atoms with Crippen LogP contribution in [0, 0.1) is 11.8 Å². The molecule has 18 nitrogen and oxygen atoms in total. The zero-order chi connectivity index (χ0) is 39.7. The third-order valence-electron chi connectivity index (χ3n) is 9.94.